The average Bonchev–Trinajstić information content (AvgIpc) is 2.58. The number of rotatable bonds is 0. The van der Waals surface area contributed by atoms with Crippen LogP contribution in [-0.4, -0.2) is 18.0 Å². The largest absolute Gasteiger partial charge is 0.375 e. The summed E-state index contributed by atoms with van der Waals surface area (Å²) in [6, 6.07) is 0. The van der Waals surface area contributed by atoms with Crippen LogP contribution in [0.25, 0.3) is 0 Å². The molecule has 2 aliphatic carbocycles. The van der Waals surface area contributed by atoms with Crippen molar-refractivity contribution in [3.05, 3.63) is 0 Å². The summed E-state index contributed by atoms with van der Waals surface area (Å²) in [4.78, 5) is 12.7. The maximum Gasteiger partial charge on any atom is 0.139 e. The summed E-state index contributed by atoms with van der Waals surface area (Å²) in [7, 11) is 0. The van der Waals surface area contributed by atoms with E-state index in [1.54, 1.807) is 0 Å². The number of ether oxygens (including phenoxy) is 1. The van der Waals surface area contributed by atoms with E-state index in [9.17, 15) is 4.79 Å². The van der Waals surface area contributed by atoms with Gasteiger partial charge in [0.25, 0.3) is 0 Å². The van der Waals surface area contributed by atoms with E-state index in [4.69, 9.17) is 4.74 Å². The standard InChI is InChI=1S/C16H26O2/c1-14(2)7-5-8-15(3)12-6-9-18-16(12,4)10-11(17)13(14)15/h12-13H,5-10H2,1-4H3. The van der Waals surface area contributed by atoms with Crippen molar-refractivity contribution in [3.63, 3.8) is 0 Å². The minimum absolute atomic E-state index is 0.169. The Morgan fingerprint density at radius 2 is 1.89 bits per heavy atom. The molecule has 102 valence electrons. The number of Topliss-reactive ketones (excluding diaryl/α,β-unsaturated/α-hetero) is 1. The SMILES string of the molecule is CC1(C)CCCC2(C)C1C(=O)CC1(C)OCCC12. The Bertz CT molecular complexity index is 387. The van der Waals surface area contributed by atoms with Crippen LogP contribution >= 0.6 is 0 Å². The van der Waals surface area contributed by atoms with Gasteiger partial charge in [0, 0.05) is 18.9 Å². The number of carbonyl (C=O) groups excluding carboxylic acids is 1. The molecule has 2 saturated carbocycles. The van der Waals surface area contributed by atoms with Gasteiger partial charge in [0.15, 0.2) is 0 Å². The maximum atomic E-state index is 12.7. The van der Waals surface area contributed by atoms with Gasteiger partial charge >= 0.3 is 0 Å². The summed E-state index contributed by atoms with van der Waals surface area (Å²) < 4.78 is 5.98. The van der Waals surface area contributed by atoms with E-state index in [0.717, 1.165) is 13.0 Å². The Labute approximate surface area is 110 Å². The molecule has 3 aliphatic rings. The second-order valence-corrected chi connectivity index (χ2v) is 7.93. The molecular weight excluding hydrogens is 224 g/mol. The van der Waals surface area contributed by atoms with E-state index >= 15 is 0 Å². The van der Waals surface area contributed by atoms with Gasteiger partial charge in [0.1, 0.15) is 5.78 Å². The monoisotopic (exact) mass is 250 g/mol. The van der Waals surface area contributed by atoms with Crippen molar-refractivity contribution in [1.82, 2.24) is 0 Å². The van der Waals surface area contributed by atoms with Crippen LogP contribution in [0.1, 0.15) is 59.8 Å². The van der Waals surface area contributed by atoms with E-state index in [1.165, 1.54) is 19.3 Å². The van der Waals surface area contributed by atoms with E-state index in [0.29, 0.717) is 18.1 Å². The van der Waals surface area contributed by atoms with Gasteiger partial charge in [-0.05, 0) is 42.9 Å². The topological polar surface area (TPSA) is 26.3 Å². The fourth-order valence-corrected chi connectivity index (χ4v) is 5.75. The van der Waals surface area contributed by atoms with Crippen molar-refractivity contribution in [2.45, 2.75) is 65.4 Å². The smallest absolute Gasteiger partial charge is 0.139 e. The Hall–Kier alpha value is -0.370. The molecule has 0 N–H and O–H groups in total. The molecule has 1 saturated heterocycles. The lowest BCUT2D eigenvalue weighted by molar-refractivity contribution is -0.170. The minimum atomic E-state index is -0.171. The molecule has 18 heavy (non-hydrogen) atoms. The molecule has 0 radical (unpaired) electrons. The molecule has 0 aromatic carbocycles. The first-order valence-corrected chi connectivity index (χ1v) is 7.46. The van der Waals surface area contributed by atoms with Crippen LogP contribution in [0.4, 0.5) is 0 Å². The first-order chi connectivity index (χ1) is 8.30. The molecule has 0 aromatic heterocycles. The number of ketones is 1. The molecule has 0 aromatic rings. The first kappa shape index (κ1) is 12.7. The molecule has 2 heteroatoms. The lowest BCUT2D eigenvalue weighted by Gasteiger charge is -2.59. The number of fused-ring (bicyclic) bond motifs is 3. The highest BCUT2D eigenvalue weighted by Gasteiger charge is 2.63. The van der Waals surface area contributed by atoms with Crippen molar-refractivity contribution in [3.8, 4) is 0 Å². The lowest BCUT2D eigenvalue weighted by Crippen LogP contribution is -2.60. The molecule has 3 fully saturated rings. The summed E-state index contributed by atoms with van der Waals surface area (Å²) in [5.74, 6) is 1.29. The van der Waals surface area contributed by atoms with Crippen LogP contribution in [0.3, 0.4) is 0 Å². The summed E-state index contributed by atoms with van der Waals surface area (Å²) in [6.07, 6.45) is 5.45. The van der Waals surface area contributed by atoms with Crippen LogP contribution in [0.5, 0.6) is 0 Å². The van der Waals surface area contributed by atoms with E-state index in [-0.39, 0.29) is 22.3 Å². The van der Waals surface area contributed by atoms with Gasteiger partial charge < -0.3 is 4.74 Å². The Morgan fingerprint density at radius 3 is 2.61 bits per heavy atom. The molecule has 2 nitrogen and oxygen atoms in total. The first-order valence-electron chi connectivity index (χ1n) is 7.46. The zero-order chi connectivity index (χ0) is 13.2. The van der Waals surface area contributed by atoms with E-state index < -0.39 is 0 Å². The minimum Gasteiger partial charge on any atom is -0.375 e. The van der Waals surface area contributed by atoms with Gasteiger partial charge in [-0.25, -0.2) is 0 Å². The summed E-state index contributed by atoms with van der Waals surface area (Å²) in [5.41, 5.74) is 0.173. The van der Waals surface area contributed by atoms with Crippen LogP contribution in [-0.2, 0) is 9.53 Å². The molecule has 0 bridgehead atoms. The van der Waals surface area contributed by atoms with Crippen molar-refractivity contribution in [2.24, 2.45) is 22.7 Å². The third-order valence-electron chi connectivity index (χ3n) is 6.20. The molecule has 1 heterocycles. The second-order valence-electron chi connectivity index (χ2n) is 7.93. The van der Waals surface area contributed by atoms with Crippen LogP contribution in [0.2, 0.25) is 0 Å². The van der Waals surface area contributed by atoms with Gasteiger partial charge in [-0.2, -0.15) is 0 Å². The predicted octanol–water partition coefficient (Wildman–Crippen LogP) is 3.59. The van der Waals surface area contributed by atoms with Crippen molar-refractivity contribution in [1.29, 1.82) is 0 Å². The van der Waals surface area contributed by atoms with E-state index in [2.05, 4.69) is 27.7 Å². The molecule has 1 aliphatic heterocycles. The van der Waals surface area contributed by atoms with Gasteiger partial charge in [-0.3, -0.25) is 4.79 Å². The number of hydrogen-bond acceptors (Lipinski definition) is 2. The van der Waals surface area contributed by atoms with Gasteiger partial charge in [0.05, 0.1) is 5.60 Å². The average molecular weight is 250 g/mol. The van der Waals surface area contributed by atoms with Gasteiger partial charge in [-0.15, -0.1) is 0 Å². The highest BCUT2D eigenvalue weighted by Crippen LogP contribution is 2.63. The van der Waals surface area contributed by atoms with Gasteiger partial charge in [-0.1, -0.05) is 27.2 Å². The Balaban J connectivity index is 2.06. The predicted molar refractivity (Wildman–Crippen MR) is 71.3 cm³/mol. The second kappa shape index (κ2) is 3.59. The van der Waals surface area contributed by atoms with Crippen LogP contribution in [0, 0.1) is 22.7 Å². The Morgan fingerprint density at radius 1 is 1.17 bits per heavy atom. The quantitative estimate of drug-likeness (QED) is 0.657. The summed E-state index contributed by atoms with van der Waals surface area (Å²) >= 11 is 0. The fourth-order valence-electron chi connectivity index (χ4n) is 5.75. The maximum absolute atomic E-state index is 12.7. The van der Waals surface area contributed by atoms with Gasteiger partial charge in [0.2, 0.25) is 0 Å². The Kier molecular flexibility index (Phi) is 2.53. The lowest BCUT2D eigenvalue weighted by atomic mass is 9.45. The van der Waals surface area contributed by atoms with E-state index in [1.807, 2.05) is 0 Å². The van der Waals surface area contributed by atoms with Crippen molar-refractivity contribution < 1.29 is 9.53 Å². The molecule has 0 amide bonds. The number of carbonyl (C=O) groups is 1. The molecule has 3 rings (SSSR count). The highest BCUT2D eigenvalue weighted by molar-refractivity contribution is 5.85. The molecule has 4 unspecified atom stereocenters. The van der Waals surface area contributed by atoms with Crippen LogP contribution < -0.4 is 0 Å². The molecule has 4 atom stereocenters. The van der Waals surface area contributed by atoms with Crippen LogP contribution in [0.15, 0.2) is 0 Å². The normalized spacial score (nSPS) is 50.8. The highest BCUT2D eigenvalue weighted by atomic mass is 16.5. The third kappa shape index (κ3) is 1.47. The third-order valence-corrected chi connectivity index (χ3v) is 6.20. The number of hydrogen-bond donors (Lipinski definition) is 0. The zero-order valence-corrected chi connectivity index (χ0v) is 12.2. The molecule has 0 spiro atoms. The zero-order valence-electron chi connectivity index (χ0n) is 12.2. The summed E-state index contributed by atoms with van der Waals surface area (Å²) in [6.45, 7) is 9.98. The summed E-state index contributed by atoms with van der Waals surface area (Å²) in [5, 5.41) is 0. The fraction of sp³-hybridized carbons (Fsp3) is 0.938. The van der Waals surface area contributed by atoms with Crippen molar-refractivity contribution >= 4 is 5.78 Å². The molecular formula is C16H26O2. The van der Waals surface area contributed by atoms with Crippen molar-refractivity contribution in [2.75, 3.05) is 6.61 Å².